The van der Waals surface area contributed by atoms with Gasteiger partial charge in [-0.1, -0.05) is 6.92 Å². The molecule has 0 bridgehead atoms. The number of aromatic nitrogens is 2. The van der Waals surface area contributed by atoms with Crippen LogP contribution in [-0.4, -0.2) is 41.3 Å². The zero-order valence-corrected chi connectivity index (χ0v) is 10.1. The van der Waals surface area contributed by atoms with Crippen molar-refractivity contribution in [1.82, 2.24) is 20.4 Å². The number of nitrogens with one attached hydrogen (secondary N) is 2. The lowest BCUT2D eigenvalue weighted by Gasteiger charge is -2.20. The number of H-pyrrole nitrogens is 1. The standard InChI is InChI=1S/C12H22N4/c1-11(10-16-6-2-3-7-16)8-13-9-12-4-5-14-15-12/h4-5,11,13H,2-3,6-10H2,1H3,(H,14,15). The van der Waals surface area contributed by atoms with Crippen molar-refractivity contribution in [2.24, 2.45) is 5.92 Å². The van der Waals surface area contributed by atoms with Crippen molar-refractivity contribution in [1.29, 1.82) is 0 Å². The number of hydrogen-bond acceptors (Lipinski definition) is 3. The van der Waals surface area contributed by atoms with Crippen LogP contribution in [0.15, 0.2) is 12.3 Å². The zero-order valence-electron chi connectivity index (χ0n) is 10.1. The van der Waals surface area contributed by atoms with Crippen molar-refractivity contribution in [3.05, 3.63) is 18.0 Å². The smallest absolute Gasteiger partial charge is 0.0490 e. The van der Waals surface area contributed by atoms with Crippen LogP contribution in [0.4, 0.5) is 0 Å². The number of hydrogen-bond donors (Lipinski definition) is 2. The van der Waals surface area contributed by atoms with Gasteiger partial charge in [0.15, 0.2) is 0 Å². The van der Waals surface area contributed by atoms with Crippen LogP contribution >= 0.6 is 0 Å². The third-order valence-corrected chi connectivity index (χ3v) is 3.14. The molecule has 0 spiro atoms. The van der Waals surface area contributed by atoms with Crippen LogP contribution in [0.2, 0.25) is 0 Å². The summed E-state index contributed by atoms with van der Waals surface area (Å²) in [4.78, 5) is 2.57. The molecule has 1 atom stereocenters. The Balaban J connectivity index is 1.58. The maximum atomic E-state index is 3.93. The van der Waals surface area contributed by atoms with E-state index in [0.29, 0.717) is 0 Å². The zero-order chi connectivity index (χ0) is 11.2. The Morgan fingerprint density at radius 3 is 3.00 bits per heavy atom. The second kappa shape index (κ2) is 6.01. The van der Waals surface area contributed by atoms with Gasteiger partial charge in [-0.15, -0.1) is 0 Å². The fraction of sp³-hybridized carbons (Fsp3) is 0.750. The molecule has 1 aliphatic rings. The van der Waals surface area contributed by atoms with Crippen molar-refractivity contribution >= 4 is 0 Å². The van der Waals surface area contributed by atoms with Crippen LogP contribution in [0.25, 0.3) is 0 Å². The van der Waals surface area contributed by atoms with E-state index in [1.54, 1.807) is 6.20 Å². The summed E-state index contributed by atoms with van der Waals surface area (Å²) in [7, 11) is 0. The molecule has 2 heterocycles. The highest BCUT2D eigenvalue weighted by atomic mass is 15.1. The van der Waals surface area contributed by atoms with Crippen LogP contribution in [0.5, 0.6) is 0 Å². The predicted molar refractivity (Wildman–Crippen MR) is 65.1 cm³/mol. The Bertz CT molecular complexity index is 277. The third kappa shape index (κ3) is 3.61. The lowest BCUT2D eigenvalue weighted by Crippen LogP contribution is -2.31. The van der Waals surface area contributed by atoms with Gasteiger partial charge < -0.3 is 10.2 Å². The molecule has 0 radical (unpaired) electrons. The number of aromatic amines is 1. The lowest BCUT2D eigenvalue weighted by molar-refractivity contribution is 0.282. The second-order valence-electron chi connectivity index (χ2n) is 4.83. The first-order valence-corrected chi connectivity index (χ1v) is 6.26. The van der Waals surface area contributed by atoms with Gasteiger partial charge in [0.05, 0.1) is 0 Å². The third-order valence-electron chi connectivity index (χ3n) is 3.14. The molecule has 2 N–H and O–H groups in total. The van der Waals surface area contributed by atoms with E-state index >= 15 is 0 Å². The summed E-state index contributed by atoms with van der Waals surface area (Å²) in [5, 5.41) is 10.4. The Hall–Kier alpha value is -0.870. The minimum Gasteiger partial charge on any atom is -0.311 e. The Kier molecular flexibility index (Phi) is 4.36. The van der Waals surface area contributed by atoms with E-state index in [0.717, 1.165) is 24.7 Å². The lowest BCUT2D eigenvalue weighted by atomic mass is 10.1. The Morgan fingerprint density at radius 2 is 2.31 bits per heavy atom. The second-order valence-corrected chi connectivity index (χ2v) is 4.83. The molecule has 1 aromatic rings. The number of rotatable bonds is 6. The molecule has 1 unspecified atom stereocenters. The van der Waals surface area contributed by atoms with E-state index in [1.807, 2.05) is 6.07 Å². The van der Waals surface area contributed by atoms with E-state index in [2.05, 4.69) is 27.3 Å². The fourth-order valence-electron chi connectivity index (χ4n) is 2.31. The summed E-state index contributed by atoms with van der Waals surface area (Å²) in [5.74, 6) is 0.723. The van der Waals surface area contributed by atoms with Crippen LogP contribution in [0, 0.1) is 5.92 Å². The van der Waals surface area contributed by atoms with Crippen LogP contribution in [0.1, 0.15) is 25.5 Å². The summed E-state index contributed by atoms with van der Waals surface area (Å²) in [5.41, 5.74) is 1.16. The van der Waals surface area contributed by atoms with E-state index < -0.39 is 0 Å². The van der Waals surface area contributed by atoms with E-state index in [1.165, 1.54) is 32.5 Å². The van der Waals surface area contributed by atoms with Gasteiger partial charge in [0, 0.05) is 25.0 Å². The maximum absolute atomic E-state index is 3.93. The number of nitrogens with zero attached hydrogens (tertiary/aromatic N) is 2. The highest BCUT2D eigenvalue weighted by Crippen LogP contribution is 2.09. The van der Waals surface area contributed by atoms with Gasteiger partial charge in [0.2, 0.25) is 0 Å². The fourth-order valence-corrected chi connectivity index (χ4v) is 2.31. The molecular formula is C12H22N4. The van der Waals surface area contributed by atoms with Crippen LogP contribution in [0.3, 0.4) is 0 Å². The Labute approximate surface area is 97.4 Å². The first-order chi connectivity index (χ1) is 7.84. The predicted octanol–water partition coefficient (Wildman–Crippen LogP) is 1.23. The summed E-state index contributed by atoms with van der Waals surface area (Å²) >= 11 is 0. The molecule has 16 heavy (non-hydrogen) atoms. The largest absolute Gasteiger partial charge is 0.311 e. The quantitative estimate of drug-likeness (QED) is 0.761. The molecule has 0 aromatic carbocycles. The van der Waals surface area contributed by atoms with E-state index in [9.17, 15) is 0 Å². The van der Waals surface area contributed by atoms with Crippen LogP contribution < -0.4 is 5.32 Å². The van der Waals surface area contributed by atoms with Crippen molar-refractivity contribution in [3.8, 4) is 0 Å². The van der Waals surface area contributed by atoms with Gasteiger partial charge >= 0.3 is 0 Å². The van der Waals surface area contributed by atoms with Crippen molar-refractivity contribution in [2.45, 2.75) is 26.3 Å². The summed E-state index contributed by atoms with van der Waals surface area (Å²) in [6, 6.07) is 2.01. The van der Waals surface area contributed by atoms with Gasteiger partial charge in [-0.05, 0) is 44.5 Å². The minimum absolute atomic E-state index is 0.723. The van der Waals surface area contributed by atoms with Gasteiger partial charge in [0.25, 0.3) is 0 Å². The average molecular weight is 222 g/mol. The van der Waals surface area contributed by atoms with Crippen molar-refractivity contribution in [2.75, 3.05) is 26.2 Å². The van der Waals surface area contributed by atoms with Gasteiger partial charge in [-0.2, -0.15) is 5.10 Å². The summed E-state index contributed by atoms with van der Waals surface area (Å²) < 4.78 is 0. The molecule has 0 aliphatic carbocycles. The van der Waals surface area contributed by atoms with Gasteiger partial charge in [-0.3, -0.25) is 5.10 Å². The van der Waals surface area contributed by atoms with Gasteiger partial charge in [-0.25, -0.2) is 0 Å². The van der Waals surface area contributed by atoms with Crippen molar-refractivity contribution in [3.63, 3.8) is 0 Å². The average Bonchev–Trinajstić information content (AvgIpc) is 2.90. The molecule has 90 valence electrons. The summed E-state index contributed by atoms with van der Waals surface area (Å²) in [6.45, 7) is 8.11. The highest BCUT2D eigenvalue weighted by Gasteiger charge is 2.14. The van der Waals surface area contributed by atoms with Crippen molar-refractivity contribution < 1.29 is 0 Å². The molecule has 4 nitrogen and oxygen atoms in total. The topological polar surface area (TPSA) is 44.0 Å². The molecule has 1 aliphatic heterocycles. The molecule has 0 saturated carbocycles. The molecule has 1 saturated heterocycles. The minimum atomic E-state index is 0.723. The highest BCUT2D eigenvalue weighted by molar-refractivity contribution is 4.96. The Morgan fingerprint density at radius 1 is 1.50 bits per heavy atom. The first-order valence-electron chi connectivity index (χ1n) is 6.26. The normalized spacial score (nSPS) is 19.1. The maximum Gasteiger partial charge on any atom is 0.0490 e. The molecule has 4 heteroatoms. The monoisotopic (exact) mass is 222 g/mol. The van der Waals surface area contributed by atoms with Crippen LogP contribution in [-0.2, 0) is 6.54 Å². The van der Waals surface area contributed by atoms with E-state index in [-0.39, 0.29) is 0 Å². The SMILES string of the molecule is CC(CNCc1ccn[nH]1)CN1CCCC1. The summed E-state index contributed by atoms with van der Waals surface area (Å²) in [6.07, 6.45) is 4.56. The van der Waals surface area contributed by atoms with Gasteiger partial charge in [0.1, 0.15) is 0 Å². The first kappa shape index (κ1) is 11.6. The molecule has 1 fully saturated rings. The van der Waals surface area contributed by atoms with E-state index in [4.69, 9.17) is 0 Å². The molecule has 1 aromatic heterocycles. The molecule has 2 rings (SSSR count). The molecule has 0 amide bonds. The molecular weight excluding hydrogens is 200 g/mol. The number of likely N-dealkylation sites (tertiary alicyclic amines) is 1.